The fourth-order valence-corrected chi connectivity index (χ4v) is 5.26. The topological polar surface area (TPSA) is 63.4 Å². The Hall–Kier alpha value is -0.430. The Morgan fingerprint density at radius 2 is 2.05 bits per heavy atom. The van der Waals surface area contributed by atoms with Crippen molar-refractivity contribution in [3.8, 4) is 0 Å². The van der Waals surface area contributed by atoms with Gasteiger partial charge in [0.25, 0.3) is 10.0 Å². The number of hydrogen-bond acceptors (Lipinski definition) is 4. The summed E-state index contributed by atoms with van der Waals surface area (Å²) in [7, 11) is -1.65. The molecular formula is C13H22N2O2S2. The molecule has 0 aliphatic heterocycles. The van der Waals surface area contributed by atoms with E-state index in [1.165, 1.54) is 34.9 Å². The molecule has 0 amide bonds. The maximum atomic E-state index is 12.4. The average molecular weight is 302 g/mol. The van der Waals surface area contributed by atoms with E-state index in [-0.39, 0.29) is 0 Å². The molecule has 1 aliphatic rings. The highest BCUT2D eigenvalue weighted by atomic mass is 32.2. The highest BCUT2D eigenvalue weighted by Crippen LogP contribution is 2.28. The number of thiophene rings is 1. The summed E-state index contributed by atoms with van der Waals surface area (Å²) in [4.78, 5) is 0. The van der Waals surface area contributed by atoms with E-state index in [0.717, 1.165) is 18.4 Å². The molecule has 0 radical (unpaired) electrons. The fraction of sp³-hybridized carbons (Fsp3) is 0.692. The van der Waals surface area contributed by atoms with Gasteiger partial charge in [-0.3, -0.25) is 0 Å². The van der Waals surface area contributed by atoms with E-state index in [0.29, 0.717) is 23.2 Å². The van der Waals surface area contributed by atoms with Gasteiger partial charge in [0.1, 0.15) is 4.21 Å². The van der Waals surface area contributed by atoms with Crippen LogP contribution in [0.2, 0.25) is 0 Å². The van der Waals surface area contributed by atoms with Crippen LogP contribution in [0.3, 0.4) is 0 Å². The van der Waals surface area contributed by atoms with E-state index in [2.05, 4.69) is 0 Å². The third kappa shape index (κ3) is 3.56. The minimum Gasteiger partial charge on any atom is -0.326 e. The van der Waals surface area contributed by atoms with Gasteiger partial charge in [-0.2, -0.15) is 4.31 Å². The van der Waals surface area contributed by atoms with Crippen LogP contribution in [-0.4, -0.2) is 26.3 Å². The van der Waals surface area contributed by atoms with Crippen LogP contribution in [0.15, 0.2) is 15.7 Å². The summed E-state index contributed by atoms with van der Waals surface area (Å²) in [6, 6.07) is 1.69. The first-order valence-corrected chi connectivity index (χ1v) is 9.10. The molecule has 0 bridgehead atoms. The van der Waals surface area contributed by atoms with Gasteiger partial charge in [-0.15, -0.1) is 11.3 Å². The molecule has 0 aromatic carbocycles. The predicted octanol–water partition coefficient (Wildman–Crippen LogP) is 2.41. The van der Waals surface area contributed by atoms with Crippen LogP contribution in [0.1, 0.15) is 37.7 Å². The lowest BCUT2D eigenvalue weighted by Gasteiger charge is -2.26. The van der Waals surface area contributed by atoms with Gasteiger partial charge in [0, 0.05) is 20.1 Å². The lowest BCUT2D eigenvalue weighted by atomic mass is 9.89. The Morgan fingerprint density at radius 1 is 1.37 bits per heavy atom. The van der Waals surface area contributed by atoms with Gasteiger partial charge in [0.15, 0.2) is 0 Å². The molecule has 1 heterocycles. The van der Waals surface area contributed by atoms with Crippen molar-refractivity contribution in [3.05, 3.63) is 17.0 Å². The zero-order chi connectivity index (χ0) is 13.9. The Bertz CT molecular complexity index is 504. The van der Waals surface area contributed by atoms with Crippen molar-refractivity contribution in [1.29, 1.82) is 0 Å². The van der Waals surface area contributed by atoms with E-state index in [1.54, 1.807) is 13.1 Å². The molecule has 1 aromatic rings. The molecule has 108 valence electrons. The summed E-state index contributed by atoms with van der Waals surface area (Å²) in [5, 5.41) is 1.82. The van der Waals surface area contributed by atoms with Crippen molar-refractivity contribution < 1.29 is 8.42 Å². The van der Waals surface area contributed by atoms with E-state index < -0.39 is 10.0 Å². The number of nitrogens with two attached hydrogens (primary N) is 1. The van der Waals surface area contributed by atoms with Crippen molar-refractivity contribution in [2.75, 3.05) is 13.6 Å². The number of nitrogens with zero attached hydrogens (tertiary/aromatic N) is 1. The SMILES string of the molecule is CN(CC1CCCCC1)S(=O)(=O)c1cc(CN)cs1. The van der Waals surface area contributed by atoms with Gasteiger partial charge >= 0.3 is 0 Å². The second-order valence-electron chi connectivity index (χ2n) is 5.27. The van der Waals surface area contributed by atoms with Crippen molar-refractivity contribution in [1.82, 2.24) is 4.31 Å². The van der Waals surface area contributed by atoms with Crippen LogP contribution in [0.5, 0.6) is 0 Å². The lowest BCUT2D eigenvalue weighted by molar-refractivity contribution is 0.300. The Morgan fingerprint density at radius 3 is 2.63 bits per heavy atom. The van der Waals surface area contributed by atoms with E-state index >= 15 is 0 Å². The second kappa shape index (κ2) is 6.35. The third-order valence-corrected chi connectivity index (χ3v) is 7.06. The highest BCUT2D eigenvalue weighted by molar-refractivity contribution is 7.91. The monoisotopic (exact) mass is 302 g/mol. The average Bonchev–Trinajstić information content (AvgIpc) is 2.89. The minimum absolute atomic E-state index is 0.387. The molecule has 0 unspecified atom stereocenters. The van der Waals surface area contributed by atoms with Crippen molar-refractivity contribution in [2.24, 2.45) is 11.7 Å². The van der Waals surface area contributed by atoms with E-state index in [1.807, 2.05) is 5.38 Å². The number of hydrogen-bond donors (Lipinski definition) is 1. The van der Waals surface area contributed by atoms with Gasteiger partial charge in [0.05, 0.1) is 0 Å². The first-order chi connectivity index (χ1) is 9.04. The number of rotatable bonds is 5. The van der Waals surface area contributed by atoms with Gasteiger partial charge in [-0.05, 0) is 35.8 Å². The molecule has 2 rings (SSSR count). The quantitative estimate of drug-likeness (QED) is 0.908. The van der Waals surface area contributed by atoms with Crippen molar-refractivity contribution in [2.45, 2.75) is 42.9 Å². The van der Waals surface area contributed by atoms with Crippen LogP contribution >= 0.6 is 11.3 Å². The molecule has 1 fully saturated rings. The van der Waals surface area contributed by atoms with Crippen LogP contribution in [0.25, 0.3) is 0 Å². The summed E-state index contributed by atoms with van der Waals surface area (Å²) in [5.41, 5.74) is 6.41. The first-order valence-electron chi connectivity index (χ1n) is 6.78. The van der Waals surface area contributed by atoms with Crippen LogP contribution in [-0.2, 0) is 16.6 Å². The second-order valence-corrected chi connectivity index (χ2v) is 8.45. The smallest absolute Gasteiger partial charge is 0.252 e. The number of sulfonamides is 1. The molecule has 0 saturated heterocycles. The molecule has 4 nitrogen and oxygen atoms in total. The molecule has 19 heavy (non-hydrogen) atoms. The van der Waals surface area contributed by atoms with Crippen molar-refractivity contribution >= 4 is 21.4 Å². The predicted molar refractivity (Wildman–Crippen MR) is 78.6 cm³/mol. The van der Waals surface area contributed by atoms with Gasteiger partial charge in [-0.25, -0.2) is 8.42 Å². The highest BCUT2D eigenvalue weighted by Gasteiger charge is 2.26. The third-order valence-electron chi connectivity index (χ3n) is 3.77. The molecule has 1 aliphatic carbocycles. The molecule has 0 spiro atoms. The normalized spacial score (nSPS) is 18.1. The maximum absolute atomic E-state index is 12.4. The fourth-order valence-electron chi connectivity index (χ4n) is 2.58. The van der Waals surface area contributed by atoms with Crippen LogP contribution < -0.4 is 5.73 Å². The molecular weight excluding hydrogens is 280 g/mol. The van der Waals surface area contributed by atoms with Crippen molar-refractivity contribution in [3.63, 3.8) is 0 Å². The van der Waals surface area contributed by atoms with E-state index in [9.17, 15) is 8.42 Å². The van der Waals surface area contributed by atoms with Crippen LogP contribution in [0, 0.1) is 5.92 Å². The van der Waals surface area contributed by atoms with Gasteiger partial charge in [0.2, 0.25) is 0 Å². The molecule has 1 aromatic heterocycles. The van der Waals surface area contributed by atoms with Crippen LogP contribution in [0.4, 0.5) is 0 Å². The molecule has 6 heteroatoms. The Balaban J connectivity index is 2.05. The molecule has 0 atom stereocenters. The summed E-state index contributed by atoms with van der Waals surface area (Å²) in [5.74, 6) is 0.516. The van der Waals surface area contributed by atoms with Gasteiger partial charge < -0.3 is 5.73 Å². The van der Waals surface area contributed by atoms with Gasteiger partial charge in [-0.1, -0.05) is 19.3 Å². The minimum atomic E-state index is -3.33. The Labute approximate surface area is 119 Å². The lowest BCUT2D eigenvalue weighted by Crippen LogP contribution is -2.32. The first kappa shape index (κ1) is 15.0. The zero-order valence-corrected chi connectivity index (χ0v) is 13.0. The maximum Gasteiger partial charge on any atom is 0.252 e. The largest absolute Gasteiger partial charge is 0.326 e. The molecule has 2 N–H and O–H groups in total. The zero-order valence-electron chi connectivity index (χ0n) is 11.3. The summed E-state index contributed by atoms with van der Waals surface area (Å²) in [6.07, 6.45) is 6.05. The summed E-state index contributed by atoms with van der Waals surface area (Å²) < 4.78 is 26.8. The summed E-state index contributed by atoms with van der Waals surface area (Å²) in [6.45, 7) is 1.02. The van der Waals surface area contributed by atoms with E-state index in [4.69, 9.17) is 5.73 Å². The Kier molecular flexibility index (Phi) is 5.00. The molecule has 1 saturated carbocycles. The standard InChI is InChI=1S/C13H22N2O2S2/c1-15(9-11-5-3-2-4-6-11)19(16,17)13-7-12(8-14)10-18-13/h7,10-11H,2-6,8-9,14H2,1H3. The summed E-state index contributed by atoms with van der Waals surface area (Å²) >= 11 is 1.26.